The molecule has 1 aromatic carbocycles. The summed E-state index contributed by atoms with van der Waals surface area (Å²) >= 11 is 5.84. The van der Waals surface area contributed by atoms with Crippen LogP contribution in [-0.2, 0) is 11.0 Å². The molecular weight excluding hydrogens is 348 g/mol. The Balaban J connectivity index is 2.19. The molecule has 2 rings (SSSR count). The van der Waals surface area contributed by atoms with Crippen molar-refractivity contribution in [1.82, 2.24) is 4.98 Å². The number of methoxy groups -OCH3 is 1. The molecule has 5 nitrogen and oxygen atoms in total. The Morgan fingerprint density at radius 3 is 2.42 bits per heavy atom. The van der Waals surface area contributed by atoms with Crippen LogP contribution in [0.25, 0.3) is 0 Å². The molecule has 0 saturated carbocycles. The highest BCUT2D eigenvalue weighted by atomic mass is 35.5. The van der Waals surface area contributed by atoms with E-state index in [-0.39, 0.29) is 0 Å². The Morgan fingerprint density at radius 1 is 1.17 bits per heavy atom. The van der Waals surface area contributed by atoms with E-state index in [0.717, 1.165) is 0 Å². The maximum atomic E-state index is 12.0. The molecule has 0 N–H and O–H groups in total. The van der Waals surface area contributed by atoms with Crippen LogP contribution >= 0.6 is 11.6 Å². The zero-order valence-electron chi connectivity index (χ0n) is 13.9. The van der Waals surface area contributed by atoms with Crippen molar-refractivity contribution in [3.05, 3.63) is 47.0 Å². The molecule has 0 fully saturated rings. The molecule has 128 valence electrons. The van der Waals surface area contributed by atoms with E-state index in [1.807, 2.05) is 20.8 Å². The first-order valence-electron chi connectivity index (χ1n) is 7.24. The van der Waals surface area contributed by atoms with Gasteiger partial charge in [-0.15, -0.1) is 0 Å². The van der Waals surface area contributed by atoms with Gasteiger partial charge in [-0.1, -0.05) is 11.6 Å². The lowest BCUT2D eigenvalue weighted by Gasteiger charge is -2.13. The molecule has 2 aromatic rings. The van der Waals surface area contributed by atoms with Gasteiger partial charge in [0.2, 0.25) is 11.8 Å². The van der Waals surface area contributed by atoms with E-state index in [2.05, 4.69) is 9.38 Å². The lowest BCUT2D eigenvalue weighted by atomic mass is 10.3. The van der Waals surface area contributed by atoms with Crippen molar-refractivity contribution < 1.29 is 13.7 Å². The second-order valence-electron chi connectivity index (χ2n) is 5.90. The maximum Gasteiger partial charge on any atom is 0.225 e. The fourth-order valence-corrected chi connectivity index (χ4v) is 2.29. The summed E-state index contributed by atoms with van der Waals surface area (Å²) in [4.78, 5) is 4.28. The Kier molecular flexibility index (Phi) is 5.96. The number of nitrogens with zero attached hydrogens (tertiary/aromatic N) is 2. The van der Waals surface area contributed by atoms with E-state index in [9.17, 15) is 4.21 Å². The first-order chi connectivity index (χ1) is 11.3. The van der Waals surface area contributed by atoms with Crippen LogP contribution in [0.15, 0.2) is 40.8 Å². The van der Waals surface area contributed by atoms with Crippen molar-refractivity contribution in [2.45, 2.75) is 25.5 Å². The molecule has 7 heteroatoms. The van der Waals surface area contributed by atoms with Gasteiger partial charge in [0.25, 0.3) is 0 Å². The number of rotatable bonds is 5. The van der Waals surface area contributed by atoms with Gasteiger partial charge in [0, 0.05) is 11.1 Å². The molecule has 1 aromatic heterocycles. The van der Waals surface area contributed by atoms with Crippen LogP contribution in [0.4, 0.5) is 0 Å². The van der Waals surface area contributed by atoms with Crippen LogP contribution < -0.4 is 9.47 Å². The minimum absolute atomic E-state index is 0.344. The fourth-order valence-electron chi connectivity index (χ4n) is 1.64. The van der Waals surface area contributed by atoms with Gasteiger partial charge >= 0.3 is 0 Å². The van der Waals surface area contributed by atoms with Gasteiger partial charge in [0.1, 0.15) is 16.7 Å². The number of halogens is 1. The number of hydrogen-bond acceptors (Lipinski definition) is 4. The molecule has 0 aliphatic carbocycles. The van der Waals surface area contributed by atoms with Gasteiger partial charge in [0.05, 0.1) is 23.6 Å². The Hall–Kier alpha value is -1.92. The summed E-state index contributed by atoms with van der Waals surface area (Å²) in [5.41, 5.74) is 0.624. The molecule has 0 aliphatic heterocycles. The molecule has 0 unspecified atom stereocenters. The van der Waals surface area contributed by atoms with Crippen molar-refractivity contribution in [2.24, 2.45) is 4.40 Å². The molecule has 0 saturated heterocycles. The lowest BCUT2D eigenvalue weighted by Crippen LogP contribution is -2.19. The smallest absolute Gasteiger partial charge is 0.225 e. The molecule has 1 atom stereocenters. The number of aromatic nitrogens is 1. The normalized spacial score (nSPS) is 13.0. The monoisotopic (exact) mass is 366 g/mol. The van der Waals surface area contributed by atoms with Gasteiger partial charge in [-0.2, -0.15) is 9.38 Å². The lowest BCUT2D eigenvalue weighted by molar-refractivity contribution is 0.383. The third-order valence-electron chi connectivity index (χ3n) is 2.90. The molecule has 0 amide bonds. The summed E-state index contributed by atoms with van der Waals surface area (Å²) < 4.78 is 26.6. The first-order valence-corrected chi connectivity index (χ1v) is 8.72. The van der Waals surface area contributed by atoms with Crippen LogP contribution in [0.5, 0.6) is 17.5 Å². The molecule has 0 aliphatic rings. The van der Waals surface area contributed by atoms with Crippen molar-refractivity contribution in [3.63, 3.8) is 0 Å². The van der Waals surface area contributed by atoms with Crippen LogP contribution in [0.3, 0.4) is 0 Å². The number of ether oxygens (including phenoxy) is 2. The van der Waals surface area contributed by atoms with Crippen molar-refractivity contribution in [1.29, 1.82) is 0 Å². The summed E-state index contributed by atoms with van der Waals surface area (Å²) in [6, 6.07) is 10.4. The highest BCUT2D eigenvalue weighted by Gasteiger charge is 2.18. The van der Waals surface area contributed by atoms with Gasteiger partial charge in [-0.25, -0.2) is 4.21 Å². The predicted molar refractivity (Wildman–Crippen MR) is 97.8 cm³/mol. The maximum absolute atomic E-state index is 12.0. The zero-order valence-corrected chi connectivity index (χ0v) is 15.5. The van der Waals surface area contributed by atoms with E-state index in [1.54, 1.807) is 36.4 Å². The Labute approximate surface area is 149 Å². The van der Waals surface area contributed by atoms with Gasteiger partial charge in [-0.05, 0) is 51.1 Å². The van der Waals surface area contributed by atoms with Gasteiger partial charge in [-0.3, -0.25) is 0 Å². The van der Waals surface area contributed by atoms with E-state index < -0.39 is 15.7 Å². The van der Waals surface area contributed by atoms with E-state index in [4.69, 9.17) is 21.1 Å². The summed E-state index contributed by atoms with van der Waals surface area (Å²) in [6.07, 6.45) is 1.50. The Bertz CT molecular complexity index is 755. The second-order valence-corrected chi connectivity index (χ2v) is 8.27. The molecular formula is C17H19ClN2O3S. The quantitative estimate of drug-likeness (QED) is 0.735. The largest absolute Gasteiger partial charge is 0.480 e. The predicted octanol–water partition coefficient (Wildman–Crippen LogP) is 4.42. The molecule has 24 heavy (non-hydrogen) atoms. The van der Waals surface area contributed by atoms with E-state index >= 15 is 0 Å². The third-order valence-corrected chi connectivity index (χ3v) is 4.50. The molecule has 0 radical (unpaired) electrons. The van der Waals surface area contributed by atoms with Crippen LogP contribution in [0.1, 0.15) is 26.3 Å². The summed E-state index contributed by atoms with van der Waals surface area (Å²) in [7, 11) is 0.162. The summed E-state index contributed by atoms with van der Waals surface area (Å²) in [6.45, 7) is 5.58. The first kappa shape index (κ1) is 18.4. The number of pyridine rings is 1. The van der Waals surface area contributed by atoms with Crippen molar-refractivity contribution in [2.75, 3.05) is 7.11 Å². The number of hydrogen-bond donors (Lipinski definition) is 0. The van der Waals surface area contributed by atoms with Crippen molar-refractivity contribution >= 4 is 28.8 Å². The standard InChI is InChI=1S/C17H19ClN2O3S/c1-17(2,3)24(21)19-11-12-5-10-15(20-16(12)22-4)23-14-8-6-13(18)7-9-14/h5-11H,1-4H3/t24-/m1/s1. The van der Waals surface area contributed by atoms with Gasteiger partial charge in [0.15, 0.2) is 0 Å². The Morgan fingerprint density at radius 2 is 1.83 bits per heavy atom. The molecule has 1 heterocycles. The SMILES string of the molecule is COc1nc(Oc2ccc(Cl)cc2)ccc1C=N[S@](=O)C(C)(C)C. The topological polar surface area (TPSA) is 60.8 Å². The minimum atomic E-state index is -1.34. The van der Waals surface area contributed by atoms with Crippen molar-refractivity contribution in [3.8, 4) is 17.5 Å². The van der Waals surface area contributed by atoms with Crippen LogP contribution in [0, 0.1) is 0 Å². The summed E-state index contributed by atoms with van der Waals surface area (Å²) in [5.74, 6) is 1.34. The number of benzene rings is 1. The average molecular weight is 367 g/mol. The highest BCUT2D eigenvalue weighted by molar-refractivity contribution is 7.85. The second kappa shape index (κ2) is 7.77. The van der Waals surface area contributed by atoms with Crippen LogP contribution in [0.2, 0.25) is 5.02 Å². The summed E-state index contributed by atoms with van der Waals surface area (Å²) in [5, 5.41) is 0.631. The minimum Gasteiger partial charge on any atom is -0.480 e. The fraction of sp³-hybridized carbons (Fsp3) is 0.294. The zero-order chi connectivity index (χ0) is 17.7. The molecule has 0 bridgehead atoms. The highest BCUT2D eigenvalue weighted by Crippen LogP contribution is 2.25. The van der Waals surface area contributed by atoms with Crippen LogP contribution in [-0.4, -0.2) is 27.3 Å². The van der Waals surface area contributed by atoms with E-state index in [0.29, 0.717) is 28.1 Å². The average Bonchev–Trinajstić information content (AvgIpc) is 2.54. The van der Waals surface area contributed by atoms with Gasteiger partial charge < -0.3 is 9.47 Å². The van der Waals surface area contributed by atoms with E-state index in [1.165, 1.54) is 13.3 Å². The molecule has 0 spiro atoms. The third kappa shape index (κ3) is 5.04.